The average Bonchev–Trinajstić information content (AvgIpc) is 2.34. The van der Waals surface area contributed by atoms with Crippen LogP contribution >= 0.6 is 0 Å². The summed E-state index contributed by atoms with van der Waals surface area (Å²) < 4.78 is 4.67. The van der Waals surface area contributed by atoms with Gasteiger partial charge in [0.15, 0.2) is 0 Å². The van der Waals surface area contributed by atoms with Gasteiger partial charge in [0.05, 0.1) is 25.1 Å². The van der Waals surface area contributed by atoms with Gasteiger partial charge in [0, 0.05) is 7.05 Å². The average molecular weight is 233 g/mol. The van der Waals surface area contributed by atoms with Crippen LogP contribution in [-0.4, -0.2) is 30.9 Å². The first kappa shape index (κ1) is 11.6. The summed E-state index contributed by atoms with van der Waals surface area (Å²) in [6.45, 7) is 1.98. The molecule has 1 aromatic rings. The van der Waals surface area contributed by atoms with Crippen molar-refractivity contribution >= 4 is 11.9 Å². The van der Waals surface area contributed by atoms with E-state index >= 15 is 0 Å². The van der Waals surface area contributed by atoms with Gasteiger partial charge in [0.25, 0.3) is 0 Å². The van der Waals surface area contributed by atoms with E-state index in [0.29, 0.717) is 12.0 Å². The van der Waals surface area contributed by atoms with E-state index in [1.54, 1.807) is 24.1 Å². The molecule has 0 saturated carbocycles. The predicted octanol–water partition coefficient (Wildman–Crippen LogP) is 1.55. The number of amides is 1. The third-order valence-electron chi connectivity index (χ3n) is 3.33. The molecule has 1 amide bonds. The lowest BCUT2D eigenvalue weighted by molar-refractivity contribution is -0.132. The maximum absolute atomic E-state index is 11.7. The van der Waals surface area contributed by atoms with Crippen LogP contribution in [0, 0.1) is 0 Å². The quantitative estimate of drug-likeness (QED) is 0.691. The molecule has 0 aliphatic carbocycles. The van der Waals surface area contributed by atoms with Crippen LogP contribution in [0.15, 0.2) is 18.2 Å². The van der Waals surface area contributed by atoms with Crippen molar-refractivity contribution in [3.05, 3.63) is 34.9 Å². The number of carbonyl (C=O) groups excluding carboxylic acids is 2. The Kier molecular flexibility index (Phi) is 2.88. The van der Waals surface area contributed by atoms with E-state index in [1.165, 1.54) is 7.11 Å². The fourth-order valence-electron chi connectivity index (χ4n) is 2.12. The summed E-state index contributed by atoms with van der Waals surface area (Å²) in [5, 5.41) is 0. The first-order valence-corrected chi connectivity index (χ1v) is 5.51. The van der Waals surface area contributed by atoms with Gasteiger partial charge in [0.2, 0.25) is 5.91 Å². The van der Waals surface area contributed by atoms with E-state index in [0.717, 1.165) is 11.1 Å². The second-order valence-corrected chi connectivity index (χ2v) is 4.26. The van der Waals surface area contributed by atoms with Crippen molar-refractivity contribution in [1.82, 2.24) is 4.90 Å². The van der Waals surface area contributed by atoms with Gasteiger partial charge >= 0.3 is 5.97 Å². The van der Waals surface area contributed by atoms with Crippen LogP contribution in [0.5, 0.6) is 0 Å². The van der Waals surface area contributed by atoms with Gasteiger partial charge in [-0.3, -0.25) is 4.79 Å². The zero-order valence-corrected chi connectivity index (χ0v) is 10.2. The number of rotatable bonds is 1. The summed E-state index contributed by atoms with van der Waals surface area (Å²) in [6, 6.07) is 5.45. The number of hydrogen-bond acceptors (Lipinski definition) is 3. The zero-order chi connectivity index (χ0) is 12.6. The highest BCUT2D eigenvalue weighted by atomic mass is 16.5. The molecule has 0 fully saturated rings. The summed E-state index contributed by atoms with van der Waals surface area (Å²) in [5.74, 6) is -0.293. The third kappa shape index (κ3) is 1.90. The molecular weight excluding hydrogens is 218 g/mol. The molecule has 1 aliphatic heterocycles. The molecule has 1 heterocycles. The Morgan fingerprint density at radius 3 is 2.82 bits per heavy atom. The van der Waals surface area contributed by atoms with Crippen LogP contribution in [0.25, 0.3) is 0 Å². The van der Waals surface area contributed by atoms with Crippen LogP contribution in [0.4, 0.5) is 0 Å². The van der Waals surface area contributed by atoms with Gasteiger partial charge in [-0.15, -0.1) is 0 Å². The van der Waals surface area contributed by atoms with Crippen molar-refractivity contribution in [2.24, 2.45) is 0 Å². The molecule has 1 aliphatic rings. The van der Waals surface area contributed by atoms with E-state index in [-0.39, 0.29) is 17.9 Å². The van der Waals surface area contributed by atoms with Crippen LogP contribution < -0.4 is 0 Å². The lowest BCUT2D eigenvalue weighted by atomic mass is 9.92. The van der Waals surface area contributed by atoms with Gasteiger partial charge in [-0.2, -0.15) is 0 Å². The van der Waals surface area contributed by atoms with Crippen LogP contribution in [-0.2, 0) is 16.0 Å². The van der Waals surface area contributed by atoms with E-state index in [9.17, 15) is 9.59 Å². The molecule has 90 valence electrons. The molecule has 0 unspecified atom stereocenters. The minimum atomic E-state index is -0.369. The molecule has 4 heteroatoms. The normalized spacial score (nSPS) is 18.9. The van der Waals surface area contributed by atoms with Gasteiger partial charge in [0.1, 0.15) is 0 Å². The Morgan fingerprint density at radius 2 is 2.18 bits per heavy atom. The fourth-order valence-corrected chi connectivity index (χ4v) is 2.12. The largest absolute Gasteiger partial charge is 0.465 e. The number of benzene rings is 1. The SMILES string of the molecule is COC(=O)c1ccc2c(c1)CC(=O)N(C)[C@H]2C. The number of hydrogen-bond donors (Lipinski definition) is 0. The minimum Gasteiger partial charge on any atom is -0.465 e. The van der Waals surface area contributed by atoms with Crippen LogP contribution in [0.2, 0.25) is 0 Å². The van der Waals surface area contributed by atoms with E-state index < -0.39 is 0 Å². The van der Waals surface area contributed by atoms with Crippen molar-refractivity contribution in [1.29, 1.82) is 0 Å². The first-order chi connectivity index (χ1) is 8.04. The highest BCUT2D eigenvalue weighted by Crippen LogP contribution is 2.29. The number of ether oxygens (including phenoxy) is 1. The maximum atomic E-state index is 11.7. The number of fused-ring (bicyclic) bond motifs is 1. The molecular formula is C13H15NO3. The molecule has 17 heavy (non-hydrogen) atoms. The van der Waals surface area contributed by atoms with Gasteiger partial charge < -0.3 is 9.64 Å². The molecule has 0 saturated heterocycles. The predicted molar refractivity (Wildman–Crippen MR) is 62.7 cm³/mol. The van der Waals surface area contributed by atoms with Crippen molar-refractivity contribution in [2.75, 3.05) is 14.2 Å². The maximum Gasteiger partial charge on any atom is 0.337 e. The number of carbonyl (C=O) groups is 2. The number of nitrogens with zero attached hydrogens (tertiary/aromatic N) is 1. The molecule has 0 aromatic heterocycles. The monoisotopic (exact) mass is 233 g/mol. The summed E-state index contributed by atoms with van der Waals surface area (Å²) in [5.41, 5.74) is 2.51. The number of methoxy groups -OCH3 is 1. The Labute approximate surface area is 100 Å². The Hall–Kier alpha value is -1.84. The molecule has 0 N–H and O–H groups in total. The first-order valence-electron chi connectivity index (χ1n) is 5.51. The Morgan fingerprint density at radius 1 is 1.47 bits per heavy atom. The summed E-state index contributed by atoms with van der Waals surface area (Å²) in [7, 11) is 3.15. The van der Waals surface area contributed by atoms with E-state index in [1.807, 2.05) is 13.0 Å². The Balaban J connectivity index is 2.44. The molecule has 1 atom stereocenters. The standard InChI is InChI=1S/C13H15NO3/c1-8-11-5-4-9(13(16)17-3)6-10(11)7-12(15)14(8)2/h4-6,8H,7H2,1-3H3/t8-/m0/s1. The van der Waals surface area contributed by atoms with Gasteiger partial charge in [-0.25, -0.2) is 4.79 Å². The summed E-state index contributed by atoms with van der Waals surface area (Å²) >= 11 is 0. The van der Waals surface area contributed by atoms with Crippen LogP contribution in [0.1, 0.15) is 34.5 Å². The minimum absolute atomic E-state index is 0.0537. The molecule has 2 rings (SSSR count). The lowest BCUT2D eigenvalue weighted by Gasteiger charge is -2.32. The molecule has 0 spiro atoms. The molecule has 4 nitrogen and oxygen atoms in total. The highest BCUT2D eigenvalue weighted by Gasteiger charge is 2.27. The summed E-state index contributed by atoms with van der Waals surface area (Å²) in [4.78, 5) is 24.9. The molecule has 0 bridgehead atoms. The second-order valence-electron chi connectivity index (χ2n) is 4.26. The third-order valence-corrected chi connectivity index (χ3v) is 3.33. The molecule has 1 aromatic carbocycles. The molecule has 0 radical (unpaired) electrons. The Bertz CT molecular complexity index is 482. The number of esters is 1. The topological polar surface area (TPSA) is 46.6 Å². The zero-order valence-electron chi connectivity index (χ0n) is 10.2. The number of likely N-dealkylation sites (N-methyl/N-ethyl adjacent to an activating group) is 1. The van der Waals surface area contributed by atoms with Gasteiger partial charge in [-0.05, 0) is 30.2 Å². The van der Waals surface area contributed by atoms with E-state index in [2.05, 4.69) is 4.74 Å². The van der Waals surface area contributed by atoms with Crippen molar-refractivity contribution in [3.8, 4) is 0 Å². The van der Waals surface area contributed by atoms with Crippen LogP contribution in [0.3, 0.4) is 0 Å². The van der Waals surface area contributed by atoms with Gasteiger partial charge in [-0.1, -0.05) is 6.07 Å². The van der Waals surface area contributed by atoms with Crippen molar-refractivity contribution in [3.63, 3.8) is 0 Å². The second kappa shape index (κ2) is 4.20. The highest BCUT2D eigenvalue weighted by molar-refractivity contribution is 5.90. The smallest absolute Gasteiger partial charge is 0.337 e. The van der Waals surface area contributed by atoms with Crippen molar-refractivity contribution < 1.29 is 14.3 Å². The summed E-state index contributed by atoms with van der Waals surface area (Å²) in [6.07, 6.45) is 0.348. The fraction of sp³-hybridized carbons (Fsp3) is 0.385. The van der Waals surface area contributed by atoms with Crippen molar-refractivity contribution in [2.45, 2.75) is 19.4 Å². The van der Waals surface area contributed by atoms with E-state index in [4.69, 9.17) is 0 Å². The lowest BCUT2D eigenvalue weighted by Crippen LogP contribution is -2.35.